The molecule has 0 atom stereocenters. The molecule has 27 heavy (non-hydrogen) atoms. The van der Waals surface area contributed by atoms with Gasteiger partial charge in [0, 0.05) is 30.9 Å². The Balaban J connectivity index is 1.78. The third kappa shape index (κ3) is 3.22. The maximum atomic E-state index is 6.03. The topological polar surface area (TPSA) is 94.0 Å². The lowest BCUT2D eigenvalue weighted by Gasteiger charge is -2.17. The molecule has 2 N–H and O–H groups in total. The van der Waals surface area contributed by atoms with Crippen molar-refractivity contribution >= 4 is 11.5 Å². The van der Waals surface area contributed by atoms with E-state index in [1.165, 1.54) is 0 Å². The van der Waals surface area contributed by atoms with Crippen LogP contribution in [0.1, 0.15) is 0 Å². The van der Waals surface area contributed by atoms with Crippen molar-refractivity contribution in [1.29, 1.82) is 0 Å². The van der Waals surface area contributed by atoms with E-state index < -0.39 is 0 Å². The first-order valence-electron chi connectivity index (χ1n) is 8.42. The van der Waals surface area contributed by atoms with E-state index >= 15 is 0 Å². The van der Waals surface area contributed by atoms with Gasteiger partial charge < -0.3 is 15.1 Å². The van der Waals surface area contributed by atoms with Crippen molar-refractivity contribution in [3.8, 4) is 34.3 Å². The SMILES string of the molecule is CN(C)c1ccccc1-c1cnc(N)c(-c2nnc(-c3ccccc3)o2)n1. The Kier molecular flexibility index (Phi) is 4.25. The number of nitrogens with zero attached hydrogens (tertiary/aromatic N) is 5. The monoisotopic (exact) mass is 358 g/mol. The minimum atomic E-state index is 0.239. The predicted octanol–water partition coefficient (Wildman–Crippen LogP) is 3.51. The van der Waals surface area contributed by atoms with Gasteiger partial charge in [-0.3, -0.25) is 0 Å². The summed E-state index contributed by atoms with van der Waals surface area (Å²) in [5.74, 6) is 0.887. The Morgan fingerprint density at radius 2 is 1.59 bits per heavy atom. The highest BCUT2D eigenvalue weighted by atomic mass is 16.4. The summed E-state index contributed by atoms with van der Waals surface area (Å²) in [5, 5.41) is 8.21. The van der Waals surface area contributed by atoms with Crippen molar-refractivity contribution in [3.63, 3.8) is 0 Å². The van der Waals surface area contributed by atoms with Crippen LogP contribution in [0.2, 0.25) is 0 Å². The zero-order chi connectivity index (χ0) is 18.8. The standard InChI is InChI=1S/C20H18N6O/c1-26(2)16-11-7-6-10-14(16)15-12-22-18(21)17(23-15)20-25-24-19(27-20)13-8-4-3-5-9-13/h3-12H,1-2H3,(H2,21,22). The Bertz CT molecular complexity index is 1070. The molecule has 0 saturated heterocycles. The number of aromatic nitrogens is 4. The summed E-state index contributed by atoms with van der Waals surface area (Å²) in [6, 6.07) is 17.5. The van der Waals surface area contributed by atoms with E-state index in [1.807, 2.05) is 73.6 Å². The Labute approximate surface area is 156 Å². The Morgan fingerprint density at radius 3 is 2.37 bits per heavy atom. The number of hydrogen-bond donors (Lipinski definition) is 1. The zero-order valence-corrected chi connectivity index (χ0v) is 15.0. The first-order chi connectivity index (χ1) is 13.1. The summed E-state index contributed by atoms with van der Waals surface area (Å²) in [6.45, 7) is 0. The third-order valence-electron chi connectivity index (χ3n) is 4.11. The molecular weight excluding hydrogens is 340 g/mol. The van der Waals surface area contributed by atoms with Gasteiger partial charge in [-0.1, -0.05) is 36.4 Å². The fraction of sp³-hybridized carbons (Fsp3) is 0.100. The minimum Gasteiger partial charge on any atom is -0.414 e. The van der Waals surface area contributed by atoms with Crippen LogP contribution >= 0.6 is 0 Å². The van der Waals surface area contributed by atoms with Crippen LogP contribution in [0.3, 0.4) is 0 Å². The van der Waals surface area contributed by atoms with E-state index in [2.05, 4.69) is 20.2 Å². The van der Waals surface area contributed by atoms with E-state index in [-0.39, 0.29) is 11.7 Å². The highest BCUT2D eigenvalue weighted by Gasteiger charge is 2.17. The predicted molar refractivity (Wildman–Crippen MR) is 105 cm³/mol. The lowest BCUT2D eigenvalue weighted by Crippen LogP contribution is -2.10. The number of para-hydroxylation sites is 1. The quantitative estimate of drug-likeness (QED) is 0.596. The molecular formula is C20H18N6O. The van der Waals surface area contributed by atoms with Crippen molar-refractivity contribution in [2.45, 2.75) is 0 Å². The van der Waals surface area contributed by atoms with Gasteiger partial charge in [-0.05, 0) is 18.2 Å². The maximum absolute atomic E-state index is 6.03. The van der Waals surface area contributed by atoms with Gasteiger partial charge in [0.25, 0.3) is 5.89 Å². The van der Waals surface area contributed by atoms with Crippen LogP contribution in [-0.2, 0) is 0 Å². The molecule has 2 heterocycles. The number of benzene rings is 2. The average Bonchev–Trinajstić information content (AvgIpc) is 3.19. The van der Waals surface area contributed by atoms with Crippen molar-refractivity contribution in [3.05, 3.63) is 60.8 Å². The summed E-state index contributed by atoms with van der Waals surface area (Å²) >= 11 is 0. The second kappa shape index (κ2) is 6.87. The summed E-state index contributed by atoms with van der Waals surface area (Å²) in [6.07, 6.45) is 1.65. The summed E-state index contributed by atoms with van der Waals surface area (Å²) in [5.41, 5.74) is 9.89. The lowest BCUT2D eigenvalue weighted by atomic mass is 10.1. The van der Waals surface area contributed by atoms with Crippen molar-refractivity contribution in [2.24, 2.45) is 0 Å². The van der Waals surface area contributed by atoms with Gasteiger partial charge in [-0.15, -0.1) is 10.2 Å². The molecule has 0 fully saturated rings. The highest BCUT2D eigenvalue weighted by molar-refractivity contribution is 5.78. The first kappa shape index (κ1) is 16.7. The average molecular weight is 358 g/mol. The molecule has 2 aromatic carbocycles. The van der Waals surface area contributed by atoms with Gasteiger partial charge in [-0.2, -0.15) is 0 Å². The van der Waals surface area contributed by atoms with Crippen molar-refractivity contribution in [1.82, 2.24) is 20.2 Å². The number of hydrogen-bond acceptors (Lipinski definition) is 7. The molecule has 134 valence electrons. The fourth-order valence-electron chi connectivity index (χ4n) is 2.78. The third-order valence-corrected chi connectivity index (χ3v) is 4.11. The van der Waals surface area contributed by atoms with Gasteiger partial charge in [-0.25, -0.2) is 9.97 Å². The van der Waals surface area contributed by atoms with Gasteiger partial charge in [0.05, 0.1) is 11.9 Å². The molecule has 0 radical (unpaired) electrons. The highest BCUT2D eigenvalue weighted by Crippen LogP contribution is 2.31. The van der Waals surface area contributed by atoms with Crippen molar-refractivity contribution < 1.29 is 4.42 Å². The normalized spacial score (nSPS) is 10.7. The van der Waals surface area contributed by atoms with Gasteiger partial charge in [0.1, 0.15) is 0 Å². The second-order valence-corrected chi connectivity index (χ2v) is 6.18. The van der Waals surface area contributed by atoms with Crippen LogP contribution in [0.5, 0.6) is 0 Å². The molecule has 0 amide bonds. The maximum Gasteiger partial charge on any atom is 0.270 e. The molecule has 0 unspecified atom stereocenters. The van der Waals surface area contributed by atoms with E-state index in [1.54, 1.807) is 6.20 Å². The molecule has 0 aliphatic heterocycles. The molecule has 0 aliphatic rings. The number of nitrogens with two attached hydrogens (primary N) is 1. The summed E-state index contributed by atoms with van der Waals surface area (Å²) < 4.78 is 5.79. The molecule has 0 aliphatic carbocycles. The molecule has 2 aromatic heterocycles. The number of rotatable bonds is 4. The van der Waals surface area contributed by atoms with Crippen molar-refractivity contribution in [2.75, 3.05) is 24.7 Å². The van der Waals surface area contributed by atoms with E-state index in [0.29, 0.717) is 17.3 Å². The smallest absolute Gasteiger partial charge is 0.270 e. The molecule has 0 saturated carbocycles. The van der Waals surface area contributed by atoms with Crippen LogP contribution in [0.25, 0.3) is 34.3 Å². The van der Waals surface area contributed by atoms with Gasteiger partial charge in [0.2, 0.25) is 5.89 Å². The van der Waals surface area contributed by atoms with Crippen LogP contribution in [-0.4, -0.2) is 34.3 Å². The van der Waals surface area contributed by atoms with E-state index in [4.69, 9.17) is 10.2 Å². The van der Waals surface area contributed by atoms with E-state index in [9.17, 15) is 0 Å². The fourth-order valence-corrected chi connectivity index (χ4v) is 2.78. The Hall–Kier alpha value is -3.74. The van der Waals surface area contributed by atoms with Gasteiger partial charge in [0.15, 0.2) is 11.5 Å². The van der Waals surface area contributed by atoms with Crippen LogP contribution < -0.4 is 10.6 Å². The van der Waals surface area contributed by atoms with Crippen LogP contribution in [0, 0.1) is 0 Å². The molecule has 7 heteroatoms. The number of anilines is 2. The zero-order valence-electron chi connectivity index (χ0n) is 15.0. The van der Waals surface area contributed by atoms with Gasteiger partial charge >= 0.3 is 0 Å². The Morgan fingerprint density at radius 1 is 0.889 bits per heavy atom. The molecule has 0 bridgehead atoms. The molecule has 7 nitrogen and oxygen atoms in total. The minimum absolute atomic E-state index is 0.239. The van der Waals surface area contributed by atoms with Crippen LogP contribution in [0.15, 0.2) is 65.2 Å². The largest absolute Gasteiger partial charge is 0.414 e. The van der Waals surface area contributed by atoms with Crippen LogP contribution in [0.4, 0.5) is 11.5 Å². The summed E-state index contributed by atoms with van der Waals surface area (Å²) in [7, 11) is 3.96. The number of nitrogen functional groups attached to an aromatic ring is 1. The first-order valence-corrected chi connectivity index (χ1v) is 8.42. The van der Waals surface area contributed by atoms with E-state index in [0.717, 1.165) is 16.8 Å². The molecule has 4 rings (SSSR count). The molecule has 0 spiro atoms. The lowest BCUT2D eigenvalue weighted by molar-refractivity contribution is 0.582. The summed E-state index contributed by atoms with van der Waals surface area (Å²) in [4.78, 5) is 11.0. The second-order valence-electron chi connectivity index (χ2n) is 6.18. The molecule has 4 aromatic rings.